The Kier molecular flexibility index (Phi) is 4.52. The fourth-order valence-electron chi connectivity index (χ4n) is 2.40. The maximum Gasteiger partial charge on any atom is 0.275 e. The van der Waals surface area contributed by atoms with Crippen LogP contribution in [0.1, 0.15) is 23.8 Å². The van der Waals surface area contributed by atoms with Crippen LogP contribution in [0.25, 0.3) is 10.6 Å². The van der Waals surface area contributed by atoms with E-state index in [1.54, 1.807) is 23.8 Å². The molecule has 2 heterocycles. The number of nitrogens with two attached hydrogens (primary N) is 1. The zero-order valence-corrected chi connectivity index (χ0v) is 13.8. The van der Waals surface area contributed by atoms with E-state index in [9.17, 15) is 9.59 Å². The van der Waals surface area contributed by atoms with Gasteiger partial charge in [-0.15, -0.1) is 11.3 Å². The average Bonchev–Trinajstić information content (AvgIpc) is 3.07. The normalized spacial score (nSPS) is 17.0. The number of allylic oxidation sites excluding steroid dienone is 2. The highest BCUT2D eigenvalue weighted by molar-refractivity contribution is 7.13. The molecular formula is C17H16N4O2S. The molecule has 1 aliphatic rings. The summed E-state index contributed by atoms with van der Waals surface area (Å²) in [6, 6.07) is 3.70. The molecule has 24 heavy (non-hydrogen) atoms. The molecule has 2 aromatic rings. The summed E-state index contributed by atoms with van der Waals surface area (Å²) in [7, 11) is 0. The van der Waals surface area contributed by atoms with Crippen molar-refractivity contribution in [3.05, 3.63) is 59.0 Å². The van der Waals surface area contributed by atoms with Gasteiger partial charge in [0.15, 0.2) is 0 Å². The van der Waals surface area contributed by atoms with E-state index < -0.39 is 5.91 Å². The second kappa shape index (κ2) is 6.76. The summed E-state index contributed by atoms with van der Waals surface area (Å²) in [5, 5.41) is 5.12. The second-order valence-electron chi connectivity index (χ2n) is 5.53. The minimum atomic E-state index is -0.518. The Bertz CT molecular complexity index is 839. The maximum atomic E-state index is 12.4. The van der Waals surface area contributed by atoms with Crippen molar-refractivity contribution >= 4 is 23.2 Å². The van der Waals surface area contributed by atoms with Crippen molar-refractivity contribution < 1.29 is 9.59 Å². The first kappa shape index (κ1) is 16.1. The van der Waals surface area contributed by atoms with Gasteiger partial charge in [0.2, 0.25) is 5.91 Å². The molecule has 0 aromatic carbocycles. The highest BCUT2D eigenvalue weighted by Crippen LogP contribution is 2.24. The molecule has 0 fully saturated rings. The summed E-state index contributed by atoms with van der Waals surface area (Å²) < 4.78 is 0. The number of nitrogens with zero attached hydrogens (tertiary/aromatic N) is 2. The molecule has 1 unspecified atom stereocenters. The van der Waals surface area contributed by atoms with Gasteiger partial charge < -0.3 is 11.1 Å². The third kappa shape index (κ3) is 3.41. The van der Waals surface area contributed by atoms with Gasteiger partial charge in [0.05, 0.1) is 0 Å². The van der Waals surface area contributed by atoms with Crippen molar-refractivity contribution in [3.8, 4) is 10.6 Å². The van der Waals surface area contributed by atoms with Crippen molar-refractivity contribution in [1.82, 2.24) is 15.3 Å². The summed E-state index contributed by atoms with van der Waals surface area (Å²) in [6.07, 6.45) is 7.54. The molecule has 0 bridgehead atoms. The van der Waals surface area contributed by atoms with Crippen molar-refractivity contribution in [3.63, 3.8) is 0 Å². The molecular weight excluding hydrogens is 324 g/mol. The SMILES string of the molecule is CC1C=CC(NC(=O)c2csc(-c3cccnc3)n2)=C(C(N)=O)C1. The Morgan fingerprint density at radius 3 is 2.96 bits per heavy atom. The number of primary amides is 1. The minimum Gasteiger partial charge on any atom is -0.366 e. The molecule has 3 N–H and O–H groups in total. The lowest BCUT2D eigenvalue weighted by molar-refractivity contribution is -0.114. The first-order chi connectivity index (χ1) is 11.5. The van der Waals surface area contributed by atoms with Crippen LogP contribution in [0.15, 0.2) is 53.3 Å². The summed E-state index contributed by atoms with van der Waals surface area (Å²) in [4.78, 5) is 32.4. The van der Waals surface area contributed by atoms with Crippen LogP contribution in [0.2, 0.25) is 0 Å². The van der Waals surface area contributed by atoms with Crippen molar-refractivity contribution in [2.75, 3.05) is 0 Å². The molecule has 2 amide bonds. The summed E-state index contributed by atoms with van der Waals surface area (Å²) in [5.74, 6) is -0.672. The molecule has 122 valence electrons. The lowest BCUT2D eigenvalue weighted by Gasteiger charge is -2.18. The molecule has 0 radical (unpaired) electrons. The lowest BCUT2D eigenvalue weighted by atomic mass is 9.93. The number of aromatic nitrogens is 2. The Morgan fingerprint density at radius 1 is 1.42 bits per heavy atom. The Hall–Kier alpha value is -2.80. The molecule has 1 atom stereocenters. The third-order valence-corrected chi connectivity index (χ3v) is 4.52. The molecule has 3 rings (SSSR count). The largest absolute Gasteiger partial charge is 0.366 e. The van der Waals surface area contributed by atoms with E-state index in [4.69, 9.17) is 5.73 Å². The minimum absolute atomic E-state index is 0.213. The predicted molar refractivity (Wildman–Crippen MR) is 92.0 cm³/mol. The Labute approximate surface area is 143 Å². The number of hydrogen-bond acceptors (Lipinski definition) is 5. The van der Waals surface area contributed by atoms with E-state index in [0.29, 0.717) is 28.4 Å². The van der Waals surface area contributed by atoms with E-state index in [0.717, 1.165) is 5.56 Å². The fraction of sp³-hybridized carbons (Fsp3) is 0.176. The van der Waals surface area contributed by atoms with Gasteiger partial charge in [-0.05, 0) is 30.5 Å². The molecule has 0 aliphatic heterocycles. The van der Waals surface area contributed by atoms with Gasteiger partial charge >= 0.3 is 0 Å². The predicted octanol–water partition coefficient (Wildman–Crippen LogP) is 2.27. The topological polar surface area (TPSA) is 98.0 Å². The second-order valence-corrected chi connectivity index (χ2v) is 6.39. The lowest BCUT2D eigenvalue weighted by Crippen LogP contribution is -2.29. The quantitative estimate of drug-likeness (QED) is 0.892. The number of carbonyl (C=O) groups is 2. The van der Waals surface area contributed by atoms with Crippen LogP contribution in [0.3, 0.4) is 0 Å². The average molecular weight is 340 g/mol. The van der Waals surface area contributed by atoms with Crippen LogP contribution in [-0.4, -0.2) is 21.8 Å². The van der Waals surface area contributed by atoms with Crippen molar-refractivity contribution in [2.45, 2.75) is 13.3 Å². The van der Waals surface area contributed by atoms with Gasteiger partial charge in [0.1, 0.15) is 10.7 Å². The van der Waals surface area contributed by atoms with E-state index in [-0.39, 0.29) is 11.8 Å². The number of carbonyl (C=O) groups excluding carboxylic acids is 2. The molecule has 7 heteroatoms. The number of amides is 2. The van der Waals surface area contributed by atoms with Gasteiger partial charge in [-0.2, -0.15) is 0 Å². The van der Waals surface area contributed by atoms with Crippen LogP contribution < -0.4 is 11.1 Å². The molecule has 0 spiro atoms. The van der Waals surface area contributed by atoms with Crippen LogP contribution in [0, 0.1) is 5.92 Å². The maximum absolute atomic E-state index is 12.4. The molecule has 0 saturated carbocycles. The van der Waals surface area contributed by atoms with E-state index >= 15 is 0 Å². The van der Waals surface area contributed by atoms with E-state index in [2.05, 4.69) is 15.3 Å². The van der Waals surface area contributed by atoms with Crippen molar-refractivity contribution in [1.29, 1.82) is 0 Å². The van der Waals surface area contributed by atoms with Gasteiger partial charge in [-0.3, -0.25) is 14.6 Å². The van der Waals surface area contributed by atoms with Gasteiger partial charge in [0.25, 0.3) is 5.91 Å². The van der Waals surface area contributed by atoms with E-state index in [1.807, 2.05) is 25.1 Å². The summed E-state index contributed by atoms with van der Waals surface area (Å²) in [6.45, 7) is 1.98. The number of thiazole rings is 1. The molecule has 6 nitrogen and oxygen atoms in total. The third-order valence-electron chi connectivity index (χ3n) is 3.63. The molecule has 0 saturated heterocycles. The number of hydrogen-bond donors (Lipinski definition) is 2. The molecule has 1 aliphatic carbocycles. The highest BCUT2D eigenvalue weighted by atomic mass is 32.1. The van der Waals surface area contributed by atoms with Gasteiger partial charge in [0, 0.05) is 34.6 Å². The van der Waals surface area contributed by atoms with Gasteiger partial charge in [-0.25, -0.2) is 4.98 Å². The van der Waals surface area contributed by atoms with Crippen molar-refractivity contribution in [2.24, 2.45) is 11.7 Å². The Balaban J connectivity index is 1.81. The van der Waals surface area contributed by atoms with Gasteiger partial charge in [-0.1, -0.05) is 13.0 Å². The van der Waals surface area contributed by atoms with Crippen LogP contribution in [0.4, 0.5) is 0 Å². The zero-order valence-electron chi connectivity index (χ0n) is 13.0. The number of pyridine rings is 1. The smallest absolute Gasteiger partial charge is 0.275 e. The summed E-state index contributed by atoms with van der Waals surface area (Å²) >= 11 is 1.36. The Morgan fingerprint density at radius 2 is 2.25 bits per heavy atom. The van der Waals surface area contributed by atoms with Crippen LogP contribution >= 0.6 is 11.3 Å². The summed E-state index contributed by atoms with van der Waals surface area (Å²) in [5.41, 5.74) is 7.43. The zero-order chi connectivity index (χ0) is 17.1. The van der Waals surface area contributed by atoms with Crippen LogP contribution in [-0.2, 0) is 4.79 Å². The standard InChI is InChI=1S/C17H16N4O2S/c1-10-4-5-13(12(7-10)15(18)22)20-16(23)14-9-24-17(21-14)11-3-2-6-19-8-11/h2-6,8-10H,7H2,1H3,(H2,18,22)(H,20,23). The first-order valence-corrected chi connectivity index (χ1v) is 8.31. The first-order valence-electron chi connectivity index (χ1n) is 7.43. The number of nitrogens with one attached hydrogen (secondary N) is 1. The highest BCUT2D eigenvalue weighted by Gasteiger charge is 2.20. The fourth-order valence-corrected chi connectivity index (χ4v) is 3.19. The number of rotatable bonds is 4. The van der Waals surface area contributed by atoms with E-state index in [1.165, 1.54) is 11.3 Å². The molecule has 2 aromatic heterocycles. The van der Waals surface area contributed by atoms with Crippen LogP contribution in [0.5, 0.6) is 0 Å². The monoisotopic (exact) mass is 340 g/mol.